The van der Waals surface area contributed by atoms with Crippen molar-refractivity contribution in [1.29, 1.82) is 0 Å². The van der Waals surface area contributed by atoms with Crippen molar-refractivity contribution >= 4 is 11.6 Å². The van der Waals surface area contributed by atoms with Crippen molar-refractivity contribution in [3.05, 3.63) is 48.4 Å². The Morgan fingerprint density at radius 3 is 2.90 bits per heavy atom. The molecule has 3 heterocycles. The third kappa shape index (κ3) is 2.39. The fourth-order valence-electron chi connectivity index (χ4n) is 1.63. The van der Waals surface area contributed by atoms with Crippen LogP contribution in [-0.4, -0.2) is 35.9 Å². The summed E-state index contributed by atoms with van der Waals surface area (Å²) < 4.78 is 1.63. The minimum Gasteiger partial charge on any atom is -0.318 e. The second-order valence-corrected chi connectivity index (χ2v) is 4.05. The van der Waals surface area contributed by atoms with Gasteiger partial charge in [-0.2, -0.15) is 5.10 Å². The van der Waals surface area contributed by atoms with Crippen LogP contribution in [0.4, 0.5) is 5.69 Å². The smallest absolute Gasteiger partial charge is 0.295 e. The topological polar surface area (TPSA) is 101 Å². The van der Waals surface area contributed by atoms with E-state index < -0.39 is 0 Å². The summed E-state index contributed by atoms with van der Waals surface area (Å²) in [5.41, 5.74) is 0.563. The van der Waals surface area contributed by atoms with Crippen molar-refractivity contribution in [2.24, 2.45) is 0 Å². The molecule has 3 aromatic rings. The van der Waals surface area contributed by atoms with Crippen LogP contribution >= 0.6 is 0 Å². The fraction of sp³-hybridized carbons (Fsp3) is 0.0833. The zero-order chi connectivity index (χ0) is 13.9. The standard InChI is InChI=1S/C12H11N7O/c1-8-15-11(18-17-8)12(20)16-9-3-4-10(13-7-9)19-6-2-5-14-19/h2-7H,1H3,(H,16,20)(H,15,17,18). The van der Waals surface area contributed by atoms with Gasteiger partial charge in [0.15, 0.2) is 5.82 Å². The van der Waals surface area contributed by atoms with E-state index in [0.717, 1.165) is 0 Å². The van der Waals surface area contributed by atoms with Gasteiger partial charge in [0, 0.05) is 12.4 Å². The average molecular weight is 269 g/mol. The second-order valence-electron chi connectivity index (χ2n) is 4.05. The lowest BCUT2D eigenvalue weighted by Crippen LogP contribution is -2.14. The number of anilines is 1. The SMILES string of the molecule is Cc1nc(C(=O)Nc2ccc(-n3cccn3)nc2)n[nH]1. The number of carbonyl (C=O) groups is 1. The Bertz CT molecular complexity index is 715. The molecule has 0 saturated heterocycles. The molecule has 0 aliphatic carbocycles. The summed E-state index contributed by atoms with van der Waals surface area (Å²) in [6.07, 6.45) is 5.01. The molecular weight excluding hydrogens is 258 g/mol. The Labute approximate surface area is 113 Å². The van der Waals surface area contributed by atoms with Gasteiger partial charge in [0.1, 0.15) is 5.82 Å². The van der Waals surface area contributed by atoms with E-state index in [4.69, 9.17) is 0 Å². The highest BCUT2D eigenvalue weighted by Gasteiger charge is 2.11. The Balaban J connectivity index is 1.74. The average Bonchev–Trinajstić information content (AvgIpc) is 3.10. The molecule has 1 amide bonds. The number of aromatic amines is 1. The van der Waals surface area contributed by atoms with E-state index in [1.807, 2.05) is 6.07 Å². The maximum atomic E-state index is 11.8. The summed E-state index contributed by atoms with van der Waals surface area (Å²) in [6, 6.07) is 5.30. The Hall–Kier alpha value is -3.03. The highest BCUT2D eigenvalue weighted by Crippen LogP contribution is 2.09. The number of aryl methyl sites for hydroxylation is 1. The molecule has 100 valence electrons. The summed E-state index contributed by atoms with van der Waals surface area (Å²) in [6.45, 7) is 1.73. The van der Waals surface area contributed by atoms with Crippen LogP contribution < -0.4 is 5.32 Å². The molecule has 0 aliphatic rings. The van der Waals surface area contributed by atoms with Crippen molar-refractivity contribution < 1.29 is 4.79 Å². The number of rotatable bonds is 3. The number of nitrogens with one attached hydrogen (secondary N) is 2. The van der Waals surface area contributed by atoms with Gasteiger partial charge >= 0.3 is 0 Å². The molecule has 0 atom stereocenters. The maximum Gasteiger partial charge on any atom is 0.295 e. The van der Waals surface area contributed by atoms with Crippen molar-refractivity contribution in [1.82, 2.24) is 29.9 Å². The molecule has 0 saturated carbocycles. The normalized spacial score (nSPS) is 10.4. The fourth-order valence-corrected chi connectivity index (χ4v) is 1.63. The first-order valence-electron chi connectivity index (χ1n) is 5.89. The Morgan fingerprint density at radius 1 is 1.40 bits per heavy atom. The minimum atomic E-state index is -0.386. The summed E-state index contributed by atoms with van der Waals surface area (Å²) in [5.74, 6) is 0.964. The molecule has 0 radical (unpaired) electrons. The molecule has 20 heavy (non-hydrogen) atoms. The molecule has 0 aromatic carbocycles. The number of H-pyrrole nitrogens is 1. The van der Waals surface area contributed by atoms with Crippen LogP contribution in [0.2, 0.25) is 0 Å². The lowest BCUT2D eigenvalue weighted by molar-refractivity contribution is 0.101. The van der Waals surface area contributed by atoms with Gasteiger partial charge in [0.2, 0.25) is 5.82 Å². The van der Waals surface area contributed by atoms with Crippen LogP contribution in [0.25, 0.3) is 5.82 Å². The van der Waals surface area contributed by atoms with Crippen LogP contribution in [0.1, 0.15) is 16.4 Å². The number of hydrogen-bond acceptors (Lipinski definition) is 5. The first-order chi connectivity index (χ1) is 9.72. The number of aromatic nitrogens is 6. The van der Waals surface area contributed by atoms with Crippen molar-refractivity contribution in [3.8, 4) is 5.82 Å². The zero-order valence-corrected chi connectivity index (χ0v) is 10.6. The predicted octanol–water partition coefficient (Wildman–Crippen LogP) is 0.946. The van der Waals surface area contributed by atoms with Gasteiger partial charge in [0.05, 0.1) is 11.9 Å². The van der Waals surface area contributed by atoms with Gasteiger partial charge in [-0.15, -0.1) is 5.10 Å². The van der Waals surface area contributed by atoms with Crippen LogP contribution in [0.5, 0.6) is 0 Å². The van der Waals surface area contributed by atoms with E-state index >= 15 is 0 Å². The van der Waals surface area contributed by atoms with Gasteiger partial charge in [-0.05, 0) is 25.1 Å². The molecule has 0 bridgehead atoms. The van der Waals surface area contributed by atoms with Crippen LogP contribution in [0.3, 0.4) is 0 Å². The molecule has 3 rings (SSSR count). The van der Waals surface area contributed by atoms with E-state index in [0.29, 0.717) is 17.3 Å². The number of hydrogen-bond donors (Lipinski definition) is 2. The molecule has 0 spiro atoms. The van der Waals surface area contributed by atoms with Crippen LogP contribution in [-0.2, 0) is 0 Å². The summed E-state index contributed by atoms with van der Waals surface area (Å²) in [4.78, 5) is 20.0. The van der Waals surface area contributed by atoms with E-state index in [1.165, 1.54) is 0 Å². The first-order valence-corrected chi connectivity index (χ1v) is 5.89. The molecule has 0 unspecified atom stereocenters. The van der Waals surface area contributed by atoms with E-state index in [1.54, 1.807) is 42.3 Å². The highest BCUT2D eigenvalue weighted by molar-refractivity contribution is 6.01. The summed E-state index contributed by atoms with van der Waals surface area (Å²) in [7, 11) is 0. The second kappa shape index (κ2) is 4.92. The van der Waals surface area contributed by atoms with Gasteiger partial charge in [0.25, 0.3) is 5.91 Å². The van der Waals surface area contributed by atoms with Gasteiger partial charge in [-0.25, -0.2) is 14.6 Å². The van der Waals surface area contributed by atoms with Gasteiger partial charge in [-0.1, -0.05) is 0 Å². The minimum absolute atomic E-state index is 0.0960. The van der Waals surface area contributed by atoms with Gasteiger partial charge in [-0.3, -0.25) is 9.89 Å². The molecule has 0 aliphatic heterocycles. The van der Waals surface area contributed by atoms with E-state index in [9.17, 15) is 4.79 Å². The molecule has 2 N–H and O–H groups in total. The number of amides is 1. The first kappa shape index (κ1) is 12.0. The largest absolute Gasteiger partial charge is 0.318 e. The molecule has 8 nitrogen and oxygen atoms in total. The third-order valence-electron chi connectivity index (χ3n) is 2.55. The van der Waals surface area contributed by atoms with Gasteiger partial charge < -0.3 is 5.32 Å². The molecule has 0 fully saturated rings. The number of nitrogens with zero attached hydrogens (tertiary/aromatic N) is 5. The quantitative estimate of drug-likeness (QED) is 0.737. The van der Waals surface area contributed by atoms with Crippen LogP contribution in [0.15, 0.2) is 36.8 Å². The van der Waals surface area contributed by atoms with Crippen molar-refractivity contribution in [3.63, 3.8) is 0 Å². The molecule has 3 aromatic heterocycles. The Morgan fingerprint density at radius 2 is 2.30 bits per heavy atom. The number of carbonyl (C=O) groups excluding carboxylic acids is 1. The highest BCUT2D eigenvalue weighted by atomic mass is 16.2. The lowest BCUT2D eigenvalue weighted by Gasteiger charge is -2.04. The molecular formula is C12H11N7O. The summed E-state index contributed by atoms with van der Waals surface area (Å²) in [5, 5.41) is 13.1. The Kier molecular flexibility index (Phi) is 2.96. The van der Waals surface area contributed by atoms with Crippen molar-refractivity contribution in [2.75, 3.05) is 5.32 Å². The third-order valence-corrected chi connectivity index (χ3v) is 2.55. The monoisotopic (exact) mass is 269 g/mol. The van der Waals surface area contributed by atoms with E-state index in [-0.39, 0.29) is 11.7 Å². The van der Waals surface area contributed by atoms with Crippen LogP contribution in [0, 0.1) is 6.92 Å². The van der Waals surface area contributed by atoms with Crippen molar-refractivity contribution in [2.45, 2.75) is 6.92 Å². The molecule has 8 heteroatoms. The lowest BCUT2D eigenvalue weighted by atomic mass is 10.4. The number of pyridine rings is 1. The van der Waals surface area contributed by atoms with E-state index in [2.05, 4.69) is 30.6 Å². The maximum absolute atomic E-state index is 11.8. The zero-order valence-electron chi connectivity index (χ0n) is 10.6. The predicted molar refractivity (Wildman–Crippen MR) is 70.4 cm³/mol. The summed E-state index contributed by atoms with van der Waals surface area (Å²) >= 11 is 0.